The summed E-state index contributed by atoms with van der Waals surface area (Å²) in [6.07, 6.45) is 7.33. The Labute approximate surface area is 101 Å². The predicted molar refractivity (Wildman–Crippen MR) is 65.6 cm³/mol. The van der Waals surface area contributed by atoms with Gasteiger partial charge in [0.2, 0.25) is 5.95 Å². The first kappa shape index (κ1) is 11.6. The molecule has 0 atom stereocenters. The highest BCUT2D eigenvalue weighted by Crippen LogP contribution is 2.05. The van der Waals surface area contributed by atoms with Crippen LogP contribution in [0.3, 0.4) is 0 Å². The number of anilines is 1. The maximum absolute atomic E-state index is 4.29. The predicted octanol–water partition coefficient (Wildman–Crippen LogP) is 1.24. The lowest BCUT2D eigenvalue weighted by atomic mass is 10.2. The first-order chi connectivity index (χ1) is 8.25. The summed E-state index contributed by atoms with van der Waals surface area (Å²) in [7, 11) is 0. The Kier molecular flexibility index (Phi) is 3.74. The molecule has 0 aliphatic carbocycles. The molecule has 1 N–H and O–H groups in total. The third kappa shape index (κ3) is 3.30. The van der Waals surface area contributed by atoms with Gasteiger partial charge in [0.15, 0.2) is 0 Å². The van der Waals surface area contributed by atoms with Crippen molar-refractivity contribution in [3.63, 3.8) is 0 Å². The lowest BCUT2D eigenvalue weighted by molar-refractivity contribution is 0.520. The van der Waals surface area contributed by atoms with Crippen molar-refractivity contribution in [3.8, 4) is 0 Å². The topological polar surface area (TPSA) is 60.6 Å². The van der Waals surface area contributed by atoms with E-state index in [1.807, 2.05) is 23.3 Å². The Morgan fingerprint density at radius 3 is 2.82 bits per heavy atom. The fraction of sp³-hybridized carbons (Fsp3) is 0.545. The fourth-order valence-electron chi connectivity index (χ4n) is 1.51. The average molecular weight is 234 g/mol. The van der Waals surface area contributed by atoms with Gasteiger partial charge in [-0.1, -0.05) is 19.1 Å². The molecular formula is C11H18N6. The molecular weight excluding hydrogens is 216 g/mol. The summed E-state index contributed by atoms with van der Waals surface area (Å²) in [5, 5.41) is 11.0. The summed E-state index contributed by atoms with van der Waals surface area (Å²) < 4.78 is 3.90. The highest BCUT2D eigenvalue weighted by Gasteiger charge is 2.03. The van der Waals surface area contributed by atoms with Gasteiger partial charge in [0, 0.05) is 31.7 Å². The lowest BCUT2D eigenvalue weighted by Crippen LogP contribution is -2.14. The molecule has 0 aliphatic heterocycles. The van der Waals surface area contributed by atoms with Crippen molar-refractivity contribution in [1.29, 1.82) is 0 Å². The van der Waals surface area contributed by atoms with Gasteiger partial charge < -0.3 is 9.88 Å². The van der Waals surface area contributed by atoms with E-state index in [0.717, 1.165) is 25.6 Å². The van der Waals surface area contributed by atoms with E-state index in [-0.39, 0.29) is 0 Å². The van der Waals surface area contributed by atoms with Gasteiger partial charge in [-0.3, -0.25) is 4.68 Å². The number of aromatic nitrogens is 5. The van der Waals surface area contributed by atoms with Gasteiger partial charge in [-0.05, 0) is 5.92 Å². The number of nitrogens with one attached hydrogen (secondary N) is 1. The first-order valence-corrected chi connectivity index (χ1v) is 5.85. The maximum atomic E-state index is 4.29. The van der Waals surface area contributed by atoms with E-state index in [1.165, 1.54) is 0 Å². The molecule has 0 bridgehead atoms. The molecule has 0 unspecified atom stereocenters. The highest BCUT2D eigenvalue weighted by molar-refractivity contribution is 5.25. The number of imidazole rings is 1. The standard InChI is InChI=1S/C11H18N6/c1-10(2)9-13-11-12-3-5-16(11)7-8-17-6-4-14-15-17/h3-6,10H,7-9H2,1-2H3,(H,12,13). The molecule has 0 fully saturated rings. The summed E-state index contributed by atoms with van der Waals surface area (Å²) >= 11 is 0. The normalized spacial score (nSPS) is 11.0. The zero-order valence-electron chi connectivity index (χ0n) is 10.2. The minimum atomic E-state index is 0.607. The summed E-state index contributed by atoms with van der Waals surface area (Å²) in [6, 6.07) is 0. The van der Waals surface area contributed by atoms with Gasteiger partial charge >= 0.3 is 0 Å². The van der Waals surface area contributed by atoms with E-state index >= 15 is 0 Å². The van der Waals surface area contributed by atoms with Crippen LogP contribution >= 0.6 is 0 Å². The highest BCUT2D eigenvalue weighted by atomic mass is 15.4. The van der Waals surface area contributed by atoms with Crippen molar-refractivity contribution in [2.45, 2.75) is 26.9 Å². The molecule has 0 aromatic carbocycles. The summed E-state index contributed by atoms with van der Waals surface area (Å²) in [4.78, 5) is 4.29. The molecule has 17 heavy (non-hydrogen) atoms. The van der Waals surface area contributed by atoms with E-state index in [2.05, 4.69) is 39.0 Å². The van der Waals surface area contributed by atoms with E-state index in [9.17, 15) is 0 Å². The number of hydrogen-bond acceptors (Lipinski definition) is 4. The van der Waals surface area contributed by atoms with Crippen molar-refractivity contribution in [3.05, 3.63) is 24.8 Å². The summed E-state index contributed by atoms with van der Waals surface area (Å²) in [5.41, 5.74) is 0. The third-order valence-corrected chi connectivity index (χ3v) is 2.43. The van der Waals surface area contributed by atoms with Crippen molar-refractivity contribution < 1.29 is 0 Å². The smallest absolute Gasteiger partial charge is 0.202 e. The van der Waals surface area contributed by atoms with Crippen LogP contribution in [0.15, 0.2) is 24.8 Å². The molecule has 6 heteroatoms. The van der Waals surface area contributed by atoms with Crippen LogP contribution < -0.4 is 5.32 Å². The maximum Gasteiger partial charge on any atom is 0.202 e. The first-order valence-electron chi connectivity index (χ1n) is 5.85. The van der Waals surface area contributed by atoms with Crippen LogP contribution in [-0.4, -0.2) is 31.1 Å². The fourth-order valence-corrected chi connectivity index (χ4v) is 1.51. The van der Waals surface area contributed by atoms with E-state index in [0.29, 0.717) is 5.92 Å². The Bertz CT molecular complexity index is 431. The van der Waals surface area contributed by atoms with Crippen molar-refractivity contribution in [1.82, 2.24) is 24.5 Å². The van der Waals surface area contributed by atoms with Gasteiger partial charge in [-0.2, -0.15) is 0 Å². The molecule has 2 aromatic rings. The summed E-state index contributed by atoms with van der Waals surface area (Å²) in [5.74, 6) is 1.52. The molecule has 2 rings (SSSR count). The molecule has 2 aromatic heterocycles. The Morgan fingerprint density at radius 2 is 2.12 bits per heavy atom. The number of aryl methyl sites for hydroxylation is 2. The molecule has 0 aliphatic rings. The zero-order valence-corrected chi connectivity index (χ0v) is 10.2. The molecule has 92 valence electrons. The van der Waals surface area contributed by atoms with Crippen LogP contribution in [0.1, 0.15) is 13.8 Å². The third-order valence-electron chi connectivity index (χ3n) is 2.43. The average Bonchev–Trinajstić information content (AvgIpc) is 2.95. The second-order valence-corrected chi connectivity index (χ2v) is 4.39. The Hall–Kier alpha value is -1.85. The van der Waals surface area contributed by atoms with Gasteiger partial charge in [-0.15, -0.1) is 5.10 Å². The second kappa shape index (κ2) is 5.47. The van der Waals surface area contributed by atoms with Crippen molar-refractivity contribution in [2.24, 2.45) is 5.92 Å². The number of hydrogen-bond donors (Lipinski definition) is 1. The van der Waals surface area contributed by atoms with Crippen LogP contribution in [0.25, 0.3) is 0 Å². The molecule has 0 spiro atoms. The minimum absolute atomic E-state index is 0.607. The van der Waals surface area contributed by atoms with Gasteiger partial charge in [0.25, 0.3) is 0 Å². The zero-order chi connectivity index (χ0) is 12.1. The Balaban J connectivity index is 1.90. The van der Waals surface area contributed by atoms with Crippen LogP contribution in [-0.2, 0) is 13.1 Å². The lowest BCUT2D eigenvalue weighted by Gasteiger charge is -2.11. The Morgan fingerprint density at radius 1 is 1.24 bits per heavy atom. The van der Waals surface area contributed by atoms with E-state index < -0.39 is 0 Å². The van der Waals surface area contributed by atoms with Gasteiger partial charge in [0.05, 0.1) is 12.7 Å². The van der Waals surface area contributed by atoms with Crippen LogP contribution in [0.2, 0.25) is 0 Å². The largest absolute Gasteiger partial charge is 0.355 e. The molecule has 6 nitrogen and oxygen atoms in total. The summed E-state index contributed by atoms with van der Waals surface area (Å²) in [6.45, 7) is 6.92. The SMILES string of the molecule is CC(C)CNc1nccn1CCn1ccnn1. The number of rotatable bonds is 6. The molecule has 2 heterocycles. The number of nitrogens with zero attached hydrogens (tertiary/aromatic N) is 5. The molecule has 0 radical (unpaired) electrons. The monoisotopic (exact) mass is 234 g/mol. The quantitative estimate of drug-likeness (QED) is 0.817. The van der Waals surface area contributed by atoms with Crippen LogP contribution in [0, 0.1) is 5.92 Å². The van der Waals surface area contributed by atoms with E-state index in [1.54, 1.807) is 6.20 Å². The van der Waals surface area contributed by atoms with Crippen LogP contribution in [0.5, 0.6) is 0 Å². The molecule has 0 saturated heterocycles. The van der Waals surface area contributed by atoms with Gasteiger partial charge in [-0.25, -0.2) is 4.98 Å². The van der Waals surface area contributed by atoms with Crippen molar-refractivity contribution in [2.75, 3.05) is 11.9 Å². The molecule has 0 amide bonds. The van der Waals surface area contributed by atoms with Crippen LogP contribution in [0.4, 0.5) is 5.95 Å². The minimum Gasteiger partial charge on any atom is -0.355 e. The van der Waals surface area contributed by atoms with E-state index in [4.69, 9.17) is 0 Å². The second-order valence-electron chi connectivity index (χ2n) is 4.39. The molecule has 0 saturated carbocycles. The van der Waals surface area contributed by atoms with Gasteiger partial charge in [0.1, 0.15) is 0 Å². The van der Waals surface area contributed by atoms with Crippen molar-refractivity contribution >= 4 is 5.95 Å².